The number of piperazine rings is 1. The van der Waals surface area contributed by atoms with E-state index in [9.17, 15) is 8.78 Å². The van der Waals surface area contributed by atoms with Crippen molar-refractivity contribution in [2.45, 2.75) is 25.9 Å². The molecule has 0 radical (unpaired) electrons. The summed E-state index contributed by atoms with van der Waals surface area (Å²) in [5.41, 5.74) is 0. The number of nitrogens with zero attached hydrogens (tertiary/aromatic N) is 6. The lowest BCUT2D eigenvalue weighted by molar-refractivity contribution is 0.0606. The average Bonchev–Trinajstić information content (AvgIpc) is 3.44. The Bertz CT molecular complexity index is 857. The molecule has 1 saturated heterocycles. The second-order valence-electron chi connectivity index (χ2n) is 6.74. The van der Waals surface area contributed by atoms with E-state index in [1.807, 2.05) is 17.5 Å². The third-order valence-electron chi connectivity index (χ3n) is 4.86. The Morgan fingerprint density at radius 2 is 2.00 bits per heavy atom. The van der Waals surface area contributed by atoms with Gasteiger partial charge < -0.3 is 9.42 Å². The Morgan fingerprint density at radius 3 is 2.75 bits per heavy atom. The molecule has 0 amide bonds. The highest BCUT2D eigenvalue weighted by Crippen LogP contribution is 2.21. The predicted octanol–water partition coefficient (Wildman–Crippen LogP) is 3.14. The topological polar surface area (TPSA) is 63.2 Å². The summed E-state index contributed by atoms with van der Waals surface area (Å²) in [6.07, 6.45) is 4.46. The van der Waals surface area contributed by atoms with Gasteiger partial charge in [0.25, 0.3) is 0 Å². The number of alkyl halides is 2. The number of rotatable bonds is 8. The molecule has 1 fully saturated rings. The van der Waals surface area contributed by atoms with Crippen LogP contribution in [0.2, 0.25) is 0 Å². The highest BCUT2D eigenvalue weighted by atomic mass is 32.1. The number of hydrogen-bond donors (Lipinski definition) is 0. The lowest BCUT2D eigenvalue weighted by Gasteiger charge is -2.34. The molecule has 4 rings (SSSR count). The highest BCUT2D eigenvalue weighted by molar-refractivity contribution is 7.13. The minimum Gasteiger partial charge on any atom is -0.339 e. The van der Waals surface area contributed by atoms with E-state index in [2.05, 4.69) is 24.9 Å². The second kappa shape index (κ2) is 8.89. The zero-order valence-electron chi connectivity index (χ0n) is 15.4. The van der Waals surface area contributed by atoms with Crippen LogP contribution in [0.3, 0.4) is 0 Å². The predicted molar refractivity (Wildman–Crippen MR) is 101 cm³/mol. The lowest BCUT2D eigenvalue weighted by Crippen LogP contribution is -2.46. The van der Waals surface area contributed by atoms with E-state index in [-0.39, 0.29) is 0 Å². The molecule has 0 bridgehead atoms. The molecule has 0 aliphatic carbocycles. The van der Waals surface area contributed by atoms with Gasteiger partial charge >= 0.3 is 6.55 Å². The van der Waals surface area contributed by atoms with Crippen molar-refractivity contribution in [1.29, 1.82) is 0 Å². The minimum absolute atomic E-state index is 0.418. The molecule has 0 saturated carbocycles. The van der Waals surface area contributed by atoms with Gasteiger partial charge in [0.2, 0.25) is 11.7 Å². The van der Waals surface area contributed by atoms with E-state index in [0.29, 0.717) is 24.1 Å². The van der Waals surface area contributed by atoms with Crippen molar-refractivity contribution in [3.63, 3.8) is 0 Å². The molecule has 3 aromatic heterocycles. The maximum atomic E-state index is 12.9. The van der Waals surface area contributed by atoms with Gasteiger partial charge in [0.15, 0.2) is 0 Å². The van der Waals surface area contributed by atoms with Gasteiger partial charge in [0.1, 0.15) is 5.82 Å². The molecule has 10 heteroatoms. The van der Waals surface area contributed by atoms with Gasteiger partial charge in [-0.3, -0.25) is 9.47 Å². The molecule has 7 nitrogen and oxygen atoms in total. The first kappa shape index (κ1) is 19.2. The third-order valence-corrected chi connectivity index (χ3v) is 5.73. The molecule has 1 aliphatic heterocycles. The van der Waals surface area contributed by atoms with E-state index < -0.39 is 6.55 Å². The quantitative estimate of drug-likeness (QED) is 0.571. The Balaban J connectivity index is 1.18. The van der Waals surface area contributed by atoms with Crippen LogP contribution in [0.25, 0.3) is 10.7 Å². The molecular weight excluding hydrogens is 386 g/mol. The zero-order chi connectivity index (χ0) is 19.3. The summed E-state index contributed by atoms with van der Waals surface area (Å²) in [5.74, 6) is 1.74. The molecule has 3 aromatic rings. The summed E-state index contributed by atoms with van der Waals surface area (Å²) in [6, 6.07) is 3.95. The van der Waals surface area contributed by atoms with Gasteiger partial charge in [-0.05, 0) is 24.4 Å². The fraction of sp³-hybridized carbons (Fsp3) is 0.500. The van der Waals surface area contributed by atoms with Crippen molar-refractivity contribution in [3.8, 4) is 10.7 Å². The van der Waals surface area contributed by atoms with Crippen molar-refractivity contribution < 1.29 is 13.3 Å². The molecule has 0 N–H and O–H groups in total. The smallest absolute Gasteiger partial charge is 0.319 e. The van der Waals surface area contributed by atoms with Crippen molar-refractivity contribution in [1.82, 2.24) is 29.5 Å². The molecular formula is C18H22F2N6OS. The van der Waals surface area contributed by atoms with Crippen molar-refractivity contribution >= 4 is 11.3 Å². The number of hydrogen-bond acceptors (Lipinski definition) is 7. The zero-order valence-corrected chi connectivity index (χ0v) is 16.2. The normalized spacial score (nSPS) is 16.2. The van der Waals surface area contributed by atoms with E-state index in [1.165, 1.54) is 12.4 Å². The van der Waals surface area contributed by atoms with Gasteiger partial charge in [0.05, 0.1) is 11.4 Å². The minimum atomic E-state index is -2.54. The summed E-state index contributed by atoms with van der Waals surface area (Å²) in [7, 11) is 0. The summed E-state index contributed by atoms with van der Waals surface area (Å²) in [5, 5.41) is 6.02. The Hall–Kier alpha value is -2.17. The van der Waals surface area contributed by atoms with Crippen LogP contribution in [-0.2, 0) is 13.0 Å². The maximum absolute atomic E-state index is 12.9. The molecule has 4 heterocycles. The first-order valence-electron chi connectivity index (χ1n) is 9.30. The standard InChI is InChI=1S/C18H22F2N6OS/c19-18(20)26-7-5-21-15(26)13-25-10-8-24(9-11-25)6-1-4-16-22-17(23-27-16)14-3-2-12-28-14/h2-3,5,7,12,18H,1,4,6,8-11,13H2. The van der Waals surface area contributed by atoms with Crippen LogP contribution in [0, 0.1) is 0 Å². The van der Waals surface area contributed by atoms with Crippen LogP contribution in [0.1, 0.15) is 24.7 Å². The molecule has 150 valence electrons. The van der Waals surface area contributed by atoms with Crippen molar-refractivity contribution in [3.05, 3.63) is 41.6 Å². The summed E-state index contributed by atoms with van der Waals surface area (Å²) < 4.78 is 32.1. The molecule has 0 aromatic carbocycles. The Labute approximate surface area is 165 Å². The van der Waals surface area contributed by atoms with Crippen LogP contribution >= 0.6 is 11.3 Å². The van der Waals surface area contributed by atoms with Crippen LogP contribution in [-0.4, -0.2) is 62.2 Å². The summed E-state index contributed by atoms with van der Waals surface area (Å²) >= 11 is 1.59. The molecule has 0 spiro atoms. The molecule has 0 atom stereocenters. The number of halogens is 2. The van der Waals surface area contributed by atoms with Gasteiger partial charge in [-0.1, -0.05) is 11.2 Å². The number of aromatic nitrogens is 4. The molecule has 0 unspecified atom stereocenters. The SMILES string of the molecule is FC(F)n1ccnc1CN1CCN(CCCc2nc(-c3cccs3)no2)CC1. The van der Waals surface area contributed by atoms with E-state index in [1.54, 1.807) is 11.3 Å². The fourth-order valence-corrected chi connectivity index (χ4v) is 3.98. The first-order chi connectivity index (χ1) is 13.7. The van der Waals surface area contributed by atoms with E-state index in [4.69, 9.17) is 4.52 Å². The summed E-state index contributed by atoms with van der Waals surface area (Å²) in [6.45, 7) is 2.40. The van der Waals surface area contributed by atoms with E-state index >= 15 is 0 Å². The maximum Gasteiger partial charge on any atom is 0.319 e. The van der Waals surface area contributed by atoms with Gasteiger partial charge in [-0.25, -0.2) is 4.98 Å². The van der Waals surface area contributed by atoms with Crippen LogP contribution in [0.5, 0.6) is 0 Å². The Kier molecular flexibility index (Phi) is 6.08. The number of aryl methyl sites for hydroxylation is 1. The fourth-order valence-electron chi connectivity index (χ4n) is 3.33. The van der Waals surface area contributed by atoms with Gasteiger partial charge in [-0.2, -0.15) is 13.8 Å². The van der Waals surface area contributed by atoms with Crippen LogP contribution in [0.15, 0.2) is 34.4 Å². The third kappa shape index (κ3) is 4.62. The second-order valence-corrected chi connectivity index (χ2v) is 7.69. The van der Waals surface area contributed by atoms with Gasteiger partial charge in [-0.15, -0.1) is 11.3 Å². The molecule has 1 aliphatic rings. The van der Waals surface area contributed by atoms with Crippen molar-refractivity contribution in [2.24, 2.45) is 0 Å². The summed E-state index contributed by atoms with van der Waals surface area (Å²) in [4.78, 5) is 14.1. The highest BCUT2D eigenvalue weighted by Gasteiger charge is 2.20. The molecule has 28 heavy (non-hydrogen) atoms. The Morgan fingerprint density at radius 1 is 1.18 bits per heavy atom. The van der Waals surface area contributed by atoms with E-state index in [0.717, 1.165) is 55.0 Å². The van der Waals surface area contributed by atoms with Crippen molar-refractivity contribution in [2.75, 3.05) is 32.7 Å². The average molecular weight is 408 g/mol. The van der Waals surface area contributed by atoms with Crippen LogP contribution < -0.4 is 0 Å². The number of thiophene rings is 1. The first-order valence-corrected chi connectivity index (χ1v) is 10.2. The lowest BCUT2D eigenvalue weighted by atomic mass is 10.2. The van der Waals surface area contributed by atoms with Crippen LogP contribution in [0.4, 0.5) is 8.78 Å². The largest absolute Gasteiger partial charge is 0.339 e. The van der Waals surface area contributed by atoms with Gasteiger partial charge in [0, 0.05) is 45.0 Å². The number of imidazole rings is 1. The monoisotopic (exact) mass is 408 g/mol.